The molecule has 3 N–H and O–H groups in total. The molecule has 0 aromatic carbocycles. The predicted molar refractivity (Wildman–Crippen MR) is 29.6 cm³/mol. The summed E-state index contributed by atoms with van der Waals surface area (Å²) in [7, 11) is -11.6. The Labute approximate surface area is 60.8 Å². The van der Waals surface area contributed by atoms with Crippen molar-refractivity contribution < 1.29 is 30.2 Å². The quantitative estimate of drug-likeness (QED) is 0.551. The van der Waals surface area contributed by atoms with Crippen LogP contribution in [0.25, 0.3) is 0 Å². The van der Waals surface area contributed by atoms with Gasteiger partial charge in [-0.15, -0.1) is 0 Å². The summed E-state index contributed by atoms with van der Waals surface area (Å²) < 4.78 is 64.9. The van der Waals surface area contributed by atoms with E-state index >= 15 is 0 Å². The normalized spacial score (nSPS) is 14.9. The maximum absolute atomic E-state index is 11.9. The molecule has 11 heavy (non-hydrogen) atoms. The van der Waals surface area contributed by atoms with Gasteiger partial charge in [0.1, 0.15) is 0 Å². The smallest absolute Gasteiger partial charge is 0.280 e. The highest BCUT2D eigenvalue weighted by Crippen LogP contribution is 2.24. The van der Waals surface area contributed by atoms with Crippen molar-refractivity contribution in [3.8, 4) is 0 Å². The predicted octanol–water partition coefficient (Wildman–Crippen LogP) is -1.29. The van der Waals surface area contributed by atoms with E-state index < -0.39 is 24.7 Å². The van der Waals surface area contributed by atoms with E-state index in [2.05, 4.69) is 5.14 Å². The Hall–Kier alpha value is -0.320. The first-order chi connectivity index (χ1) is 4.50. The van der Waals surface area contributed by atoms with Gasteiger partial charge in [0, 0.05) is 0 Å². The fourth-order valence-corrected chi connectivity index (χ4v) is 1.32. The molecule has 0 aromatic heterocycles. The number of alkyl halides is 2. The summed E-state index contributed by atoms with van der Waals surface area (Å²) in [5.41, 5.74) is 0. The molecule has 0 bridgehead atoms. The van der Waals surface area contributed by atoms with E-state index in [4.69, 9.17) is 4.55 Å². The third kappa shape index (κ3) is 1.83. The van der Waals surface area contributed by atoms with Crippen LogP contribution in [-0.4, -0.2) is 26.0 Å². The molecule has 0 aliphatic rings. The summed E-state index contributed by atoms with van der Waals surface area (Å²) in [6, 6.07) is 0. The topological polar surface area (TPSA) is 115 Å². The Balaban J connectivity index is 5.45. The number of hydrogen-bond acceptors (Lipinski definition) is 4. The Kier molecular flexibility index (Phi) is 2.27. The van der Waals surface area contributed by atoms with Crippen LogP contribution in [0.1, 0.15) is 0 Å². The van der Waals surface area contributed by atoms with E-state index in [0.717, 1.165) is 0 Å². The van der Waals surface area contributed by atoms with E-state index in [9.17, 15) is 25.6 Å². The highest BCUT2D eigenvalue weighted by atomic mass is 32.3. The largest absolute Gasteiger partial charge is 0.484 e. The fourth-order valence-electron chi connectivity index (χ4n) is 0.147. The van der Waals surface area contributed by atoms with Crippen molar-refractivity contribution in [2.75, 3.05) is 0 Å². The molecule has 10 heteroatoms. The van der Waals surface area contributed by atoms with E-state index in [0.29, 0.717) is 0 Å². The minimum atomic E-state index is -6.01. The van der Waals surface area contributed by atoms with Crippen LogP contribution in [0, 0.1) is 0 Å². The summed E-state index contributed by atoms with van der Waals surface area (Å²) in [5.74, 6) is 0. The molecule has 0 heterocycles. The molecule has 68 valence electrons. The van der Waals surface area contributed by atoms with Crippen LogP contribution in [0.4, 0.5) is 8.78 Å². The second-order valence-electron chi connectivity index (χ2n) is 1.48. The molecule has 0 saturated carbocycles. The lowest BCUT2D eigenvalue weighted by Gasteiger charge is -2.08. The van der Waals surface area contributed by atoms with Crippen LogP contribution in [0.3, 0.4) is 0 Å². The van der Waals surface area contributed by atoms with Gasteiger partial charge in [0.2, 0.25) is 0 Å². The van der Waals surface area contributed by atoms with Crippen LogP contribution in [-0.2, 0) is 20.1 Å². The van der Waals surface area contributed by atoms with E-state index in [-0.39, 0.29) is 0 Å². The lowest BCUT2D eigenvalue weighted by atomic mass is 11.6. The highest BCUT2D eigenvalue weighted by molar-refractivity contribution is 8.06. The van der Waals surface area contributed by atoms with Crippen molar-refractivity contribution in [3.63, 3.8) is 0 Å². The molecule has 0 saturated heterocycles. The molecular formula is CH3F2NO5S2. The maximum Gasteiger partial charge on any atom is 0.484 e. The van der Waals surface area contributed by atoms with Gasteiger partial charge in [-0.2, -0.15) is 17.2 Å². The molecular weight excluding hydrogens is 208 g/mol. The van der Waals surface area contributed by atoms with Gasteiger partial charge in [-0.05, 0) is 0 Å². The van der Waals surface area contributed by atoms with Gasteiger partial charge in [0.15, 0.2) is 0 Å². The number of halogens is 2. The van der Waals surface area contributed by atoms with Crippen LogP contribution in [0.5, 0.6) is 0 Å². The zero-order chi connectivity index (χ0) is 9.50. The Morgan fingerprint density at radius 3 is 1.45 bits per heavy atom. The van der Waals surface area contributed by atoms with E-state index in [1.54, 1.807) is 0 Å². The number of rotatable bonds is 2. The first-order valence-corrected chi connectivity index (χ1v) is 4.86. The van der Waals surface area contributed by atoms with Gasteiger partial charge in [0.05, 0.1) is 0 Å². The average molecular weight is 211 g/mol. The molecule has 0 unspecified atom stereocenters. The van der Waals surface area contributed by atoms with E-state index in [1.807, 2.05) is 0 Å². The number of hydrogen-bond donors (Lipinski definition) is 2. The number of primary sulfonamides is 1. The molecule has 0 aliphatic carbocycles. The molecule has 0 aliphatic heterocycles. The van der Waals surface area contributed by atoms with Crippen molar-refractivity contribution in [1.29, 1.82) is 0 Å². The minimum Gasteiger partial charge on any atom is -0.280 e. The summed E-state index contributed by atoms with van der Waals surface area (Å²) >= 11 is 0. The molecule has 6 nitrogen and oxygen atoms in total. The fraction of sp³-hybridized carbons (Fsp3) is 1.00. The van der Waals surface area contributed by atoms with Gasteiger partial charge >= 0.3 is 14.7 Å². The second kappa shape index (κ2) is 2.33. The zero-order valence-electron chi connectivity index (χ0n) is 4.73. The summed E-state index contributed by atoms with van der Waals surface area (Å²) in [4.78, 5) is 0. The molecule has 0 spiro atoms. The lowest BCUT2D eigenvalue weighted by Crippen LogP contribution is -2.41. The van der Waals surface area contributed by atoms with Gasteiger partial charge in [-0.1, -0.05) is 0 Å². The first-order valence-electron chi connectivity index (χ1n) is 1.87. The van der Waals surface area contributed by atoms with Crippen molar-refractivity contribution >= 4 is 20.1 Å². The standard InChI is InChI=1S/CH3F2NO5S2/c2-1(3,10(4,5)6)11(7,8)9/h(H2,4,5,6)(H,7,8,9). The molecule has 0 amide bonds. The van der Waals surface area contributed by atoms with Crippen LogP contribution in [0.2, 0.25) is 0 Å². The third-order valence-corrected chi connectivity index (χ3v) is 3.22. The number of nitrogens with two attached hydrogens (primary N) is 1. The van der Waals surface area contributed by atoms with Crippen molar-refractivity contribution in [2.24, 2.45) is 5.14 Å². The summed E-state index contributed by atoms with van der Waals surface area (Å²) in [6.07, 6.45) is 0. The van der Waals surface area contributed by atoms with Crippen LogP contribution >= 0.6 is 0 Å². The number of sulfonamides is 1. The van der Waals surface area contributed by atoms with Gasteiger partial charge in [-0.25, -0.2) is 13.6 Å². The monoisotopic (exact) mass is 211 g/mol. The van der Waals surface area contributed by atoms with Crippen LogP contribution in [0.15, 0.2) is 0 Å². The highest BCUT2D eigenvalue weighted by Gasteiger charge is 2.55. The van der Waals surface area contributed by atoms with Gasteiger partial charge in [-0.3, -0.25) is 4.55 Å². The maximum atomic E-state index is 11.9. The lowest BCUT2D eigenvalue weighted by molar-refractivity contribution is 0.166. The van der Waals surface area contributed by atoms with Crippen molar-refractivity contribution in [2.45, 2.75) is 4.59 Å². The SMILES string of the molecule is NS(=O)(=O)C(F)(F)S(=O)(=O)O. The summed E-state index contributed by atoms with van der Waals surface area (Å²) in [6.45, 7) is 0. The van der Waals surface area contributed by atoms with Crippen molar-refractivity contribution in [3.05, 3.63) is 0 Å². The van der Waals surface area contributed by atoms with E-state index in [1.165, 1.54) is 0 Å². The molecule has 0 atom stereocenters. The van der Waals surface area contributed by atoms with Crippen LogP contribution < -0.4 is 5.14 Å². The summed E-state index contributed by atoms with van der Waals surface area (Å²) in [5, 5.41) is 3.78. The Morgan fingerprint density at radius 2 is 1.45 bits per heavy atom. The molecule has 0 radical (unpaired) electrons. The minimum absolute atomic E-state index is 3.78. The van der Waals surface area contributed by atoms with Gasteiger partial charge < -0.3 is 0 Å². The zero-order valence-corrected chi connectivity index (χ0v) is 6.36. The average Bonchev–Trinajstić information content (AvgIpc) is 1.58. The molecule has 0 aromatic rings. The Morgan fingerprint density at radius 1 is 1.18 bits per heavy atom. The molecule has 0 fully saturated rings. The second-order valence-corrected chi connectivity index (χ2v) is 4.81. The first kappa shape index (κ1) is 10.7. The third-order valence-electron chi connectivity index (χ3n) is 0.632. The molecule has 0 rings (SSSR count). The van der Waals surface area contributed by atoms with Gasteiger partial charge in [0.25, 0.3) is 10.0 Å². The Bertz CT molecular complexity index is 305. The van der Waals surface area contributed by atoms with Crippen molar-refractivity contribution in [1.82, 2.24) is 0 Å².